The van der Waals surface area contributed by atoms with Crippen LogP contribution in [0.3, 0.4) is 0 Å². The Kier molecular flexibility index (Phi) is 9.32. The molecule has 3 aromatic carbocycles. The molecular formula is C35H40N2O4. The SMILES string of the molecule is CCC(=O)N1CC=C(c2cccc([C@](O)(C(=O)OCC3CCN(Cc4ccccc4)CC3)c3ccccc3)c2)CC1. The molecule has 1 N–H and O–H groups in total. The molecule has 0 unspecified atom stereocenters. The maximum atomic E-state index is 13.7. The van der Waals surface area contributed by atoms with Crippen LogP contribution in [0.5, 0.6) is 0 Å². The van der Waals surface area contributed by atoms with E-state index in [1.165, 1.54) is 5.56 Å². The fourth-order valence-corrected chi connectivity index (χ4v) is 5.86. The zero-order chi connectivity index (χ0) is 28.7. The van der Waals surface area contributed by atoms with Crippen LogP contribution in [0.25, 0.3) is 5.57 Å². The number of hydrogen-bond acceptors (Lipinski definition) is 5. The average molecular weight is 553 g/mol. The molecule has 0 spiro atoms. The van der Waals surface area contributed by atoms with E-state index in [2.05, 4.69) is 35.2 Å². The normalized spacial score (nSPS) is 17.9. The standard InChI is InChI=1S/C35H40N2O4/c1-2-33(38)37-22-18-29(19-23-37)30-12-9-15-32(24-30)35(40,31-13-7-4-8-14-31)34(39)41-26-28-16-20-36(21-17-28)25-27-10-5-3-6-11-27/h3-15,18,24,28,40H,2,16-17,19-23,25-26H2,1H3/t35-/m0/s1. The van der Waals surface area contributed by atoms with E-state index >= 15 is 0 Å². The molecule has 3 aromatic rings. The number of esters is 1. The second-order valence-electron chi connectivity index (χ2n) is 11.1. The number of likely N-dealkylation sites (tertiary alicyclic amines) is 1. The summed E-state index contributed by atoms with van der Waals surface area (Å²) in [4.78, 5) is 30.1. The summed E-state index contributed by atoms with van der Waals surface area (Å²) in [7, 11) is 0. The summed E-state index contributed by atoms with van der Waals surface area (Å²) in [6.45, 7) is 6.25. The summed E-state index contributed by atoms with van der Waals surface area (Å²) in [5.41, 5.74) is 2.40. The molecule has 1 saturated heterocycles. The molecule has 2 heterocycles. The fourth-order valence-electron chi connectivity index (χ4n) is 5.86. The lowest BCUT2D eigenvalue weighted by molar-refractivity contribution is -0.164. The van der Waals surface area contributed by atoms with Gasteiger partial charge in [0, 0.05) is 31.6 Å². The second kappa shape index (κ2) is 13.3. The van der Waals surface area contributed by atoms with Crippen LogP contribution >= 0.6 is 0 Å². The number of rotatable bonds is 9. The third-order valence-electron chi connectivity index (χ3n) is 8.41. The van der Waals surface area contributed by atoms with Gasteiger partial charge in [-0.2, -0.15) is 0 Å². The Hall–Kier alpha value is -3.74. The van der Waals surface area contributed by atoms with Crippen molar-refractivity contribution in [3.05, 3.63) is 113 Å². The maximum Gasteiger partial charge on any atom is 0.347 e. The first-order chi connectivity index (χ1) is 20.0. The van der Waals surface area contributed by atoms with Crippen molar-refractivity contribution in [1.29, 1.82) is 0 Å². The number of carbonyl (C=O) groups excluding carboxylic acids is 2. The van der Waals surface area contributed by atoms with Gasteiger partial charge >= 0.3 is 5.97 Å². The monoisotopic (exact) mass is 552 g/mol. The van der Waals surface area contributed by atoms with E-state index in [4.69, 9.17) is 4.74 Å². The minimum Gasteiger partial charge on any atom is -0.463 e. The van der Waals surface area contributed by atoms with Gasteiger partial charge in [-0.3, -0.25) is 9.69 Å². The van der Waals surface area contributed by atoms with Gasteiger partial charge in [0.05, 0.1) is 6.61 Å². The predicted molar refractivity (Wildman–Crippen MR) is 161 cm³/mol. The topological polar surface area (TPSA) is 70.1 Å². The maximum absolute atomic E-state index is 13.7. The number of hydrogen-bond donors (Lipinski definition) is 1. The van der Waals surface area contributed by atoms with E-state index < -0.39 is 11.6 Å². The average Bonchev–Trinajstić information content (AvgIpc) is 3.04. The van der Waals surface area contributed by atoms with E-state index in [1.54, 1.807) is 18.2 Å². The smallest absolute Gasteiger partial charge is 0.347 e. The van der Waals surface area contributed by atoms with Crippen molar-refractivity contribution in [2.45, 2.75) is 44.8 Å². The molecule has 0 radical (unpaired) electrons. The summed E-state index contributed by atoms with van der Waals surface area (Å²) >= 11 is 0. The van der Waals surface area contributed by atoms with E-state index in [1.807, 2.05) is 54.3 Å². The number of benzene rings is 3. The second-order valence-corrected chi connectivity index (χ2v) is 11.1. The number of aliphatic hydroxyl groups is 1. The van der Waals surface area contributed by atoms with Crippen LogP contribution in [0.15, 0.2) is 91.0 Å². The molecule has 0 aromatic heterocycles. The van der Waals surface area contributed by atoms with Crippen LogP contribution in [0, 0.1) is 5.92 Å². The summed E-state index contributed by atoms with van der Waals surface area (Å²) < 4.78 is 5.88. The largest absolute Gasteiger partial charge is 0.463 e. The first-order valence-electron chi connectivity index (χ1n) is 14.8. The van der Waals surface area contributed by atoms with Gasteiger partial charge in [0.15, 0.2) is 0 Å². The van der Waals surface area contributed by atoms with Crippen LogP contribution in [0.4, 0.5) is 0 Å². The molecular weight excluding hydrogens is 512 g/mol. The van der Waals surface area contributed by atoms with Crippen molar-refractivity contribution in [2.75, 3.05) is 32.8 Å². The molecule has 0 bridgehead atoms. The molecule has 2 aliphatic rings. The Morgan fingerprint density at radius 2 is 1.59 bits per heavy atom. The van der Waals surface area contributed by atoms with Gasteiger partial charge in [0.1, 0.15) is 0 Å². The molecule has 6 heteroatoms. The number of amides is 1. The summed E-state index contributed by atoms with van der Waals surface area (Å²) in [5.74, 6) is -0.236. The van der Waals surface area contributed by atoms with Crippen LogP contribution < -0.4 is 0 Å². The lowest BCUT2D eigenvalue weighted by Gasteiger charge is -2.33. The van der Waals surface area contributed by atoms with Crippen LogP contribution in [0.2, 0.25) is 0 Å². The van der Waals surface area contributed by atoms with Gasteiger partial charge < -0.3 is 14.7 Å². The molecule has 1 fully saturated rings. The van der Waals surface area contributed by atoms with Crippen LogP contribution in [-0.4, -0.2) is 59.6 Å². The van der Waals surface area contributed by atoms with Crippen molar-refractivity contribution < 1.29 is 19.4 Å². The minimum absolute atomic E-state index is 0.150. The highest BCUT2D eigenvalue weighted by molar-refractivity contribution is 5.86. The quantitative estimate of drug-likeness (QED) is 0.360. The third-order valence-corrected chi connectivity index (χ3v) is 8.41. The van der Waals surface area contributed by atoms with E-state index in [0.29, 0.717) is 37.2 Å². The van der Waals surface area contributed by atoms with E-state index in [9.17, 15) is 14.7 Å². The highest BCUT2D eigenvalue weighted by Gasteiger charge is 2.42. The number of piperidine rings is 1. The molecule has 2 aliphatic heterocycles. The molecule has 214 valence electrons. The Balaban J connectivity index is 1.28. The Morgan fingerprint density at radius 1 is 0.902 bits per heavy atom. The Bertz CT molecular complexity index is 1350. The van der Waals surface area contributed by atoms with Crippen molar-refractivity contribution in [2.24, 2.45) is 5.92 Å². The zero-order valence-electron chi connectivity index (χ0n) is 23.9. The highest BCUT2D eigenvalue weighted by Crippen LogP contribution is 2.34. The summed E-state index contributed by atoms with van der Waals surface area (Å²) in [6.07, 6.45) is 5.19. The number of ether oxygens (including phenoxy) is 1. The Morgan fingerprint density at radius 3 is 2.24 bits per heavy atom. The van der Waals surface area contributed by atoms with Gasteiger partial charge in [-0.1, -0.05) is 91.9 Å². The molecule has 41 heavy (non-hydrogen) atoms. The van der Waals surface area contributed by atoms with Gasteiger partial charge in [-0.05, 0) is 66.6 Å². The first kappa shape index (κ1) is 28.8. The van der Waals surface area contributed by atoms with Crippen molar-refractivity contribution in [3.8, 4) is 0 Å². The molecule has 1 amide bonds. The lowest BCUT2D eigenvalue weighted by atomic mass is 9.84. The summed E-state index contributed by atoms with van der Waals surface area (Å²) in [5, 5.41) is 12.1. The third kappa shape index (κ3) is 6.77. The highest BCUT2D eigenvalue weighted by atomic mass is 16.5. The van der Waals surface area contributed by atoms with Crippen LogP contribution in [-0.2, 0) is 26.5 Å². The van der Waals surface area contributed by atoms with E-state index in [0.717, 1.165) is 50.0 Å². The number of carbonyl (C=O) groups is 2. The molecule has 1 atom stereocenters. The molecule has 0 aliphatic carbocycles. The molecule has 0 saturated carbocycles. The first-order valence-corrected chi connectivity index (χ1v) is 14.8. The van der Waals surface area contributed by atoms with Gasteiger partial charge in [0.25, 0.3) is 0 Å². The molecule has 6 nitrogen and oxygen atoms in total. The van der Waals surface area contributed by atoms with Gasteiger partial charge in [0.2, 0.25) is 11.5 Å². The van der Waals surface area contributed by atoms with Gasteiger partial charge in [-0.25, -0.2) is 4.79 Å². The lowest BCUT2D eigenvalue weighted by Crippen LogP contribution is -2.40. The number of nitrogens with zero attached hydrogens (tertiary/aromatic N) is 2. The summed E-state index contributed by atoms with van der Waals surface area (Å²) in [6, 6.07) is 27.1. The zero-order valence-corrected chi connectivity index (χ0v) is 23.9. The van der Waals surface area contributed by atoms with Crippen molar-refractivity contribution in [1.82, 2.24) is 9.80 Å². The molecule has 5 rings (SSSR count). The van der Waals surface area contributed by atoms with Crippen LogP contribution in [0.1, 0.15) is 54.9 Å². The fraction of sp³-hybridized carbons (Fsp3) is 0.371. The van der Waals surface area contributed by atoms with Crippen molar-refractivity contribution >= 4 is 17.4 Å². The Labute approximate surface area is 243 Å². The van der Waals surface area contributed by atoms with E-state index in [-0.39, 0.29) is 11.8 Å². The minimum atomic E-state index is -1.93. The van der Waals surface area contributed by atoms with Crippen molar-refractivity contribution in [3.63, 3.8) is 0 Å². The predicted octanol–water partition coefficient (Wildman–Crippen LogP) is 5.40. The van der Waals surface area contributed by atoms with Gasteiger partial charge in [-0.15, -0.1) is 0 Å².